The predicted octanol–water partition coefficient (Wildman–Crippen LogP) is 4.76. The zero-order chi connectivity index (χ0) is 28.8. The average Bonchev–Trinajstić information content (AvgIpc) is 2.89. The monoisotopic (exact) mass is 578 g/mol. The summed E-state index contributed by atoms with van der Waals surface area (Å²) in [5.41, 5.74) is -2.83. The van der Waals surface area contributed by atoms with Crippen LogP contribution in [0.15, 0.2) is 47.4 Å². The number of carboxylic acid groups (broad SMARTS) is 1. The van der Waals surface area contributed by atoms with Crippen LogP contribution in [0.2, 0.25) is 0 Å². The smallest absolute Gasteiger partial charge is 0.420 e. The van der Waals surface area contributed by atoms with E-state index in [2.05, 4.69) is 0 Å². The zero-order valence-electron chi connectivity index (χ0n) is 21.0. The Labute approximate surface area is 222 Å². The number of para-hydroxylation sites is 1. The number of benzene rings is 2. The molecule has 1 N–H and O–H groups in total. The second-order valence-corrected chi connectivity index (χ2v) is 11.9. The number of ether oxygens (including phenoxy) is 2. The lowest BCUT2D eigenvalue weighted by Crippen LogP contribution is -2.53. The molecule has 2 aliphatic rings. The highest BCUT2D eigenvalue weighted by Crippen LogP contribution is 2.46. The minimum absolute atomic E-state index is 0.195. The summed E-state index contributed by atoms with van der Waals surface area (Å²) < 4.78 is 109. The van der Waals surface area contributed by atoms with Gasteiger partial charge in [0.15, 0.2) is 0 Å². The molecule has 0 radical (unpaired) electrons. The Morgan fingerprint density at radius 3 is 2.31 bits per heavy atom. The van der Waals surface area contributed by atoms with Crippen molar-refractivity contribution in [3.8, 4) is 5.75 Å². The number of likely N-dealkylation sites (N-methyl/N-ethyl adjacent to an activating group) is 1. The molecule has 2 heterocycles. The van der Waals surface area contributed by atoms with Gasteiger partial charge in [0.25, 0.3) is 0 Å². The third-order valence-corrected chi connectivity index (χ3v) is 8.86. The van der Waals surface area contributed by atoms with Crippen LogP contribution in [0.25, 0.3) is 0 Å². The maximum Gasteiger partial charge on any atom is 0.420 e. The van der Waals surface area contributed by atoms with Crippen LogP contribution < -0.4 is 9.64 Å². The second-order valence-electron chi connectivity index (χ2n) is 9.91. The lowest BCUT2D eigenvalue weighted by molar-refractivity contribution is -0.185. The molecule has 8 nitrogen and oxygen atoms in total. The lowest BCUT2D eigenvalue weighted by Gasteiger charge is -2.37. The van der Waals surface area contributed by atoms with Gasteiger partial charge in [0.2, 0.25) is 15.9 Å². The highest BCUT2D eigenvalue weighted by Gasteiger charge is 2.48. The Morgan fingerprint density at radius 2 is 1.79 bits per heavy atom. The van der Waals surface area contributed by atoms with Crippen LogP contribution in [-0.4, -0.2) is 69.2 Å². The number of aliphatic carboxylic acids is 1. The van der Waals surface area contributed by atoms with Crippen LogP contribution in [-0.2, 0) is 25.7 Å². The van der Waals surface area contributed by atoms with Crippen LogP contribution in [0.3, 0.4) is 0 Å². The molecule has 1 saturated heterocycles. The number of sulfonamides is 1. The highest BCUT2D eigenvalue weighted by molar-refractivity contribution is 7.89. The van der Waals surface area contributed by atoms with Crippen LogP contribution in [0.1, 0.15) is 25.3 Å². The van der Waals surface area contributed by atoms with Crippen molar-refractivity contribution in [1.82, 2.24) is 4.31 Å². The molecule has 14 heteroatoms. The van der Waals surface area contributed by atoms with Crippen LogP contribution in [0.5, 0.6) is 5.75 Å². The van der Waals surface area contributed by atoms with E-state index < -0.39 is 68.8 Å². The second kappa shape index (κ2) is 10.2. The molecule has 0 saturated carbocycles. The van der Waals surface area contributed by atoms with E-state index in [9.17, 15) is 40.3 Å². The third kappa shape index (κ3) is 5.82. The normalized spacial score (nSPS) is 21.0. The van der Waals surface area contributed by atoms with Gasteiger partial charge in [0, 0.05) is 37.8 Å². The standard InChI is InChI=1S/C25H27F5N2O6S/c1-23(26,27)9-8-17-12-32(16-6-4-3-5-7-16)19-10-18(25(28,29)30)20(11-21(19)39(35,36)31(17)2)38-15-24(22(33)34)13-37-14-24/h3-7,10-11,17H,8-9,12-15H2,1-2H3,(H,33,34)/t17-/m1/s1. The van der Waals surface area contributed by atoms with Crippen LogP contribution in [0.4, 0.5) is 33.3 Å². The van der Waals surface area contributed by atoms with E-state index in [4.69, 9.17) is 9.47 Å². The van der Waals surface area contributed by atoms with Crippen molar-refractivity contribution >= 4 is 27.4 Å². The van der Waals surface area contributed by atoms with Crippen molar-refractivity contribution in [2.75, 3.05) is 38.3 Å². The molecule has 0 unspecified atom stereocenters. The van der Waals surface area contributed by atoms with E-state index in [0.717, 1.165) is 10.4 Å². The summed E-state index contributed by atoms with van der Waals surface area (Å²) >= 11 is 0. The van der Waals surface area contributed by atoms with Crippen LogP contribution >= 0.6 is 0 Å². The molecular weight excluding hydrogens is 551 g/mol. The van der Waals surface area contributed by atoms with E-state index in [-0.39, 0.29) is 31.9 Å². The molecular formula is C25H27F5N2O6S. The Bertz CT molecular complexity index is 1330. The Balaban J connectivity index is 1.87. The van der Waals surface area contributed by atoms with Gasteiger partial charge in [-0.05, 0) is 31.5 Å². The maximum absolute atomic E-state index is 14.2. The minimum Gasteiger partial charge on any atom is -0.492 e. The fourth-order valence-corrected chi connectivity index (χ4v) is 6.03. The number of carboxylic acids is 1. The fourth-order valence-electron chi connectivity index (χ4n) is 4.46. The lowest BCUT2D eigenvalue weighted by atomic mass is 9.87. The number of rotatable bonds is 8. The molecule has 1 atom stereocenters. The summed E-state index contributed by atoms with van der Waals surface area (Å²) in [4.78, 5) is 12.5. The summed E-state index contributed by atoms with van der Waals surface area (Å²) in [5, 5.41) is 9.49. The Morgan fingerprint density at radius 1 is 1.15 bits per heavy atom. The van der Waals surface area contributed by atoms with Gasteiger partial charge in [-0.2, -0.15) is 17.5 Å². The van der Waals surface area contributed by atoms with E-state index >= 15 is 0 Å². The first kappa shape index (κ1) is 29.0. The molecule has 0 aromatic heterocycles. The van der Waals surface area contributed by atoms with Gasteiger partial charge in [-0.3, -0.25) is 4.79 Å². The van der Waals surface area contributed by atoms with Crippen molar-refractivity contribution in [1.29, 1.82) is 0 Å². The molecule has 1 fully saturated rings. The SMILES string of the molecule is CN1[C@H](CCC(C)(F)F)CN(c2ccccc2)c2cc(C(F)(F)F)c(OCC3(C(=O)O)COC3)cc2S1(=O)=O. The first-order valence-electron chi connectivity index (χ1n) is 11.9. The van der Waals surface area contributed by atoms with Gasteiger partial charge >= 0.3 is 12.1 Å². The molecule has 39 heavy (non-hydrogen) atoms. The molecule has 0 amide bonds. The van der Waals surface area contributed by atoms with Gasteiger partial charge in [-0.25, -0.2) is 17.2 Å². The van der Waals surface area contributed by atoms with E-state index in [0.29, 0.717) is 18.7 Å². The summed E-state index contributed by atoms with van der Waals surface area (Å²) in [6.07, 6.45) is -5.89. The Hall–Kier alpha value is -2.97. The van der Waals surface area contributed by atoms with Gasteiger partial charge in [-0.1, -0.05) is 18.2 Å². The summed E-state index contributed by atoms with van der Waals surface area (Å²) in [7, 11) is -3.31. The van der Waals surface area contributed by atoms with Gasteiger partial charge < -0.3 is 19.5 Å². The first-order valence-corrected chi connectivity index (χ1v) is 13.4. The van der Waals surface area contributed by atoms with Gasteiger partial charge in [0.05, 0.1) is 24.5 Å². The quantitative estimate of drug-likeness (QED) is 0.452. The van der Waals surface area contributed by atoms with E-state index in [1.165, 1.54) is 11.9 Å². The molecule has 2 aromatic rings. The number of anilines is 2. The van der Waals surface area contributed by atoms with Crippen molar-refractivity contribution in [3.63, 3.8) is 0 Å². The molecule has 4 rings (SSSR count). The number of hydrogen-bond donors (Lipinski definition) is 1. The van der Waals surface area contributed by atoms with Gasteiger partial charge in [0.1, 0.15) is 22.7 Å². The van der Waals surface area contributed by atoms with E-state index in [1.54, 1.807) is 30.3 Å². The third-order valence-electron chi connectivity index (χ3n) is 6.92. The molecule has 0 aliphatic carbocycles. The fraction of sp³-hybridized carbons (Fsp3) is 0.480. The van der Waals surface area contributed by atoms with Crippen LogP contribution in [0, 0.1) is 5.41 Å². The number of fused-ring (bicyclic) bond motifs is 1. The molecule has 0 bridgehead atoms. The van der Waals surface area contributed by atoms with Crippen molar-refractivity contribution in [2.24, 2.45) is 5.41 Å². The average molecular weight is 579 g/mol. The number of hydrogen-bond acceptors (Lipinski definition) is 6. The maximum atomic E-state index is 14.2. The summed E-state index contributed by atoms with van der Waals surface area (Å²) in [5.74, 6) is -5.27. The molecule has 2 aromatic carbocycles. The van der Waals surface area contributed by atoms with Crippen molar-refractivity contribution in [2.45, 2.75) is 42.8 Å². The minimum atomic E-state index is -5.00. The Kier molecular flexibility index (Phi) is 7.60. The summed E-state index contributed by atoms with van der Waals surface area (Å²) in [6.45, 7) is -0.725. The zero-order valence-corrected chi connectivity index (χ0v) is 21.9. The molecule has 0 spiro atoms. The number of carbonyl (C=O) groups is 1. The molecule has 214 valence electrons. The number of nitrogens with zero attached hydrogens (tertiary/aromatic N) is 2. The first-order chi connectivity index (χ1) is 18.1. The van der Waals surface area contributed by atoms with Gasteiger partial charge in [-0.15, -0.1) is 0 Å². The largest absolute Gasteiger partial charge is 0.492 e. The topological polar surface area (TPSA) is 96.4 Å². The number of alkyl halides is 5. The number of halogens is 5. The predicted molar refractivity (Wildman–Crippen MR) is 130 cm³/mol. The molecule has 2 aliphatic heterocycles. The van der Waals surface area contributed by atoms with Crippen molar-refractivity contribution < 1.29 is 49.7 Å². The van der Waals surface area contributed by atoms with Crippen molar-refractivity contribution in [3.05, 3.63) is 48.0 Å². The highest BCUT2D eigenvalue weighted by atomic mass is 32.2. The summed E-state index contributed by atoms with van der Waals surface area (Å²) in [6, 6.07) is 8.39. The van der Waals surface area contributed by atoms with E-state index in [1.807, 2.05) is 0 Å².